The molecular weight excluding hydrogens is 324 g/mol. The van der Waals surface area contributed by atoms with Gasteiger partial charge >= 0.3 is 0 Å². The molecule has 0 amide bonds. The normalized spacial score (nSPS) is 16.7. The fourth-order valence-electron chi connectivity index (χ4n) is 3.41. The number of anilines is 1. The van der Waals surface area contributed by atoms with Crippen LogP contribution in [0.3, 0.4) is 0 Å². The Morgan fingerprint density at radius 3 is 2.69 bits per heavy atom. The van der Waals surface area contributed by atoms with Crippen LogP contribution < -0.4 is 16.9 Å². The lowest BCUT2D eigenvalue weighted by molar-refractivity contribution is 0.239. The molecule has 1 aliphatic heterocycles. The summed E-state index contributed by atoms with van der Waals surface area (Å²) in [5.74, 6) is 7.17. The SMILES string of the molecule is C=C(Nc1cc2cc(/C(=C/N)N(C)N)ccc2cn1)C1CCN(C)CC1. The molecule has 26 heavy (non-hydrogen) atoms. The van der Waals surface area contributed by atoms with Gasteiger partial charge in [0.25, 0.3) is 0 Å². The van der Waals surface area contributed by atoms with Gasteiger partial charge in [0.2, 0.25) is 0 Å². The molecule has 0 saturated carbocycles. The first-order valence-corrected chi connectivity index (χ1v) is 8.93. The molecule has 6 nitrogen and oxygen atoms in total. The molecule has 1 fully saturated rings. The Morgan fingerprint density at radius 2 is 2.04 bits per heavy atom. The molecule has 0 spiro atoms. The van der Waals surface area contributed by atoms with Gasteiger partial charge in [-0.05, 0) is 50.5 Å². The van der Waals surface area contributed by atoms with Gasteiger partial charge in [-0.15, -0.1) is 0 Å². The van der Waals surface area contributed by atoms with Gasteiger partial charge < -0.3 is 21.0 Å². The highest BCUT2D eigenvalue weighted by Crippen LogP contribution is 2.26. The summed E-state index contributed by atoms with van der Waals surface area (Å²) >= 11 is 0. The molecule has 0 radical (unpaired) electrons. The summed E-state index contributed by atoms with van der Waals surface area (Å²) in [6.07, 6.45) is 5.66. The maximum absolute atomic E-state index is 5.86. The number of hydrogen-bond acceptors (Lipinski definition) is 6. The second-order valence-electron chi connectivity index (χ2n) is 7.02. The van der Waals surface area contributed by atoms with E-state index in [1.54, 1.807) is 7.05 Å². The molecule has 6 heteroatoms. The Hall–Kier alpha value is -2.57. The van der Waals surface area contributed by atoms with Gasteiger partial charge in [-0.2, -0.15) is 0 Å². The highest BCUT2D eigenvalue weighted by Gasteiger charge is 2.19. The van der Waals surface area contributed by atoms with Crippen LogP contribution in [0.25, 0.3) is 16.5 Å². The number of rotatable bonds is 5. The van der Waals surface area contributed by atoms with E-state index in [0.717, 1.165) is 59.5 Å². The predicted molar refractivity (Wildman–Crippen MR) is 109 cm³/mol. The van der Waals surface area contributed by atoms with Crippen molar-refractivity contribution in [2.75, 3.05) is 32.5 Å². The maximum Gasteiger partial charge on any atom is 0.130 e. The van der Waals surface area contributed by atoms with Gasteiger partial charge in [0, 0.05) is 42.0 Å². The van der Waals surface area contributed by atoms with E-state index in [1.165, 1.54) is 11.2 Å². The van der Waals surface area contributed by atoms with Gasteiger partial charge in [-0.1, -0.05) is 18.7 Å². The van der Waals surface area contributed by atoms with Crippen LogP contribution in [-0.4, -0.2) is 42.1 Å². The average molecular weight is 352 g/mol. The number of allylic oxidation sites excluding steroid dienone is 1. The zero-order valence-electron chi connectivity index (χ0n) is 15.6. The molecule has 5 N–H and O–H groups in total. The van der Waals surface area contributed by atoms with E-state index in [0.29, 0.717) is 5.92 Å². The first kappa shape index (κ1) is 18.2. The number of benzene rings is 1. The first-order valence-electron chi connectivity index (χ1n) is 8.93. The number of pyridine rings is 1. The second kappa shape index (κ2) is 7.76. The van der Waals surface area contributed by atoms with Crippen LogP contribution in [0.4, 0.5) is 5.82 Å². The number of piperidine rings is 1. The summed E-state index contributed by atoms with van der Waals surface area (Å²) < 4.78 is 0. The zero-order valence-corrected chi connectivity index (χ0v) is 15.6. The van der Waals surface area contributed by atoms with Gasteiger partial charge in [0.1, 0.15) is 5.82 Å². The standard InChI is InChI=1S/C20H28N6/c1-14(15-6-8-25(2)9-7-15)24-20-11-18-10-16(19(12-21)26(3)22)4-5-17(18)13-23-20/h4-5,10-13,15H,1,6-9,21-22H2,2-3H3,(H,23,24)/b19-12-. The molecule has 1 aliphatic rings. The molecular formula is C20H28N6. The third-order valence-corrected chi connectivity index (χ3v) is 5.06. The number of fused-ring (bicyclic) bond motifs is 1. The van der Waals surface area contributed by atoms with E-state index in [4.69, 9.17) is 11.6 Å². The highest BCUT2D eigenvalue weighted by molar-refractivity contribution is 5.87. The average Bonchev–Trinajstić information content (AvgIpc) is 2.62. The molecule has 0 unspecified atom stereocenters. The van der Waals surface area contributed by atoms with Crippen LogP contribution in [0.5, 0.6) is 0 Å². The van der Waals surface area contributed by atoms with Crippen LogP contribution in [0, 0.1) is 5.92 Å². The Kier molecular flexibility index (Phi) is 5.44. The maximum atomic E-state index is 5.86. The van der Waals surface area contributed by atoms with Crippen LogP contribution in [0.1, 0.15) is 18.4 Å². The summed E-state index contributed by atoms with van der Waals surface area (Å²) in [6.45, 7) is 6.47. The molecule has 1 aromatic heterocycles. The molecule has 1 saturated heterocycles. The van der Waals surface area contributed by atoms with Gasteiger partial charge in [-0.3, -0.25) is 0 Å². The van der Waals surface area contributed by atoms with Crippen molar-refractivity contribution in [3.8, 4) is 0 Å². The monoisotopic (exact) mass is 352 g/mol. The second-order valence-corrected chi connectivity index (χ2v) is 7.02. The van der Waals surface area contributed by atoms with E-state index in [9.17, 15) is 0 Å². The van der Waals surface area contributed by atoms with Crippen LogP contribution in [0.15, 0.2) is 48.9 Å². The number of nitrogens with one attached hydrogen (secondary N) is 1. The van der Waals surface area contributed by atoms with Crippen molar-refractivity contribution in [1.82, 2.24) is 14.9 Å². The number of nitrogens with two attached hydrogens (primary N) is 2. The number of aromatic nitrogens is 1. The molecule has 0 atom stereocenters. The molecule has 0 aliphatic carbocycles. The Balaban J connectivity index is 1.80. The third-order valence-electron chi connectivity index (χ3n) is 5.06. The fraction of sp³-hybridized carbons (Fsp3) is 0.350. The Labute approximate surface area is 155 Å². The minimum Gasteiger partial charge on any atom is -0.403 e. The topological polar surface area (TPSA) is 83.4 Å². The molecule has 3 rings (SSSR count). The summed E-state index contributed by atoms with van der Waals surface area (Å²) in [5, 5.41) is 7.07. The van der Waals surface area contributed by atoms with E-state index in [-0.39, 0.29) is 0 Å². The van der Waals surface area contributed by atoms with Crippen molar-refractivity contribution in [2.45, 2.75) is 12.8 Å². The minimum atomic E-state index is 0.493. The van der Waals surface area contributed by atoms with Gasteiger partial charge in [0.15, 0.2) is 0 Å². The van der Waals surface area contributed by atoms with Crippen LogP contribution >= 0.6 is 0 Å². The Morgan fingerprint density at radius 1 is 1.31 bits per heavy atom. The molecule has 2 aromatic rings. The van der Waals surface area contributed by atoms with Gasteiger partial charge in [-0.25, -0.2) is 10.8 Å². The number of hydrogen-bond donors (Lipinski definition) is 3. The number of nitrogens with zero attached hydrogens (tertiary/aromatic N) is 3. The quantitative estimate of drug-likeness (QED) is 0.567. The van der Waals surface area contributed by atoms with Crippen molar-refractivity contribution in [3.63, 3.8) is 0 Å². The first-order chi connectivity index (χ1) is 12.5. The highest BCUT2D eigenvalue weighted by atomic mass is 15.4. The lowest BCUT2D eigenvalue weighted by Gasteiger charge is -2.30. The molecule has 1 aromatic carbocycles. The third kappa shape index (κ3) is 3.98. The van der Waals surface area contributed by atoms with Crippen molar-refractivity contribution >= 4 is 22.3 Å². The molecule has 138 valence electrons. The lowest BCUT2D eigenvalue weighted by Crippen LogP contribution is -2.31. The smallest absolute Gasteiger partial charge is 0.130 e. The van der Waals surface area contributed by atoms with Crippen molar-refractivity contribution in [2.24, 2.45) is 17.5 Å². The van der Waals surface area contributed by atoms with Crippen LogP contribution in [0.2, 0.25) is 0 Å². The van der Waals surface area contributed by atoms with Crippen molar-refractivity contribution < 1.29 is 0 Å². The number of likely N-dealkylation sites (tertiary alicyclic amines) is 1. The summed E-state index contributed by atoms with van der Waals surface area (Å²) in [6, 6.07) is 8.14. The van der Waals surface area contributed by atoms with E-state index in [2.05, 4.69) is 34.9 Å². The Bertz CT molecular complexity index is 818. The fourth-order valence-corrected chi connectivity index (χ4v) is 3.41. The summed E-state index contributed by atoms with van der Waals surface area (Å²) in [7, 11) is 3.94. The van der Waals surface area contributed by atoms with Crippen molar-refractivity contribution in [1.29, 1.82) is 0 Å². The largest absolute Gasteiger partial charge is 0.403 e. The lowest BCUT2D eigenvalue weighted by atomic mass is 9.94. The zero-order chi connectivity index (χ0) is 18.7. The summed E-state index contributed by atoms with van der Waals surface area (Å²) in [5.41, 5.74) is 8.50. The molecule has 2 heterocycles. The minimum absolute atomic E-state index is 0.493. The van der Waals surface area contributed by atoms with Crippen LogP contribution in [-0.2, 0) is 0 Å². The van der Waals surface area contributed by atoms with E-state index >= 15 is 0 Å². The predicted octanol–water partition coefficient (Wildman–Crippen LogP) is 2.56. The van der Waals surface area contributed by atoms with E-state index < -0.39 is 0 Å². The van der Waals surface area contributed by atoms with E-state index in [1.807, 2.05) is 24.4 Å². The summed E-state index contributed by atoms with van der Waals surface area (Å²) in [4.78, 5) is 6.89. The number of hydrazine groups is 1. The molecule has 0 bridgehead atoms. The van der Waals surface area contributed by atoms with Crippen molar-refractivity contribution in [3.05, 3.63) is 54.5 Å². The van der Waals surface area contributed by atoms with Gasteiger partial charge in [0.05, 0.1) is 5.70 Å².